The minimum atomic E-state index is -2.72. The molecule has 0 aliphatic carbocycles. The Morgan fingerprint density at radius 3 is 2.53 bits per heavy atom. The Bertz CT molecular complexity index is 524. The van der Waals surface area contributed by atoms with Crippen molar-refractivity contribution in [1.82, 2.24) is 0 Å². The van der Waals surface area contributed by atoms with Gasteiger partial charge in [0.15, 0.2) is 0 Å². The highest BCUT2D eigenvalue weighted by atomic mass is 19.3. The third kappa shape index (κ3) is 2.70. The van der Waals surface area contributed by atoms with E-state index in [0.717, 1.165) is 10.8 Å². The minimum Gasteiger partial charge on any atom is -0.206 e. The summed E-state index contributed by atoms with van der Waals surface area (Å²) in [6, 6.07) is 13.1. The van der Waals surface area contributed by atoms with Crippen molar-refractivity contribution in [3.63, 3.8) is 0 Å². The maximum absolute atomic E-state index is 13.6. The van der Waals surface area contributed by atoms with E-state index in [2.05, 4.69) is 6.58 Å². The van der Waals surface area contributed by atoms with E-state index < -0.39 is 5.92 Å². The highest BCUT2D eigenvalue weighted by molar-refractivity contribution is 5.85. The molecular weight excluding hydrogens is 218 g/mol. The molecule has 17 heavy (non-hydrogen) atoms. The Morgan fingerprint density at radius 2 is 1.76 bits per heavy atom. The maximum atomic E-state index is 13.6. The van der Waals surface area contributed by atoms with Gasteiger partial charge >= 0.3 is 0 Å². The van der Waals surface area contributed by atoms with Gasteiger partial charge in [0.2, 0.25) is 0 Å². The van der Waals surface area contributed by atoms with Gasteiger partial charge in [0.25, 0.3) is 5.92 Å². The minimum absolute atomic E-state index is 0.236. The highest BCUT2D eigenvalue weighted by Crippen LogP contribution is 2.28. The van der Waals surface area contributed by atoms with Crippen molar-refractivity contribution in [3.05, 3.63) is 60.7 Å². The number of hydrogen-bond donors (Lipinski definition) is 0. The number of rotatable bonds is 4. The molecule has 0 aromatic heterocycles. The number of allylic oxidation sites excluding steroid dienone is 1. The summed E-state index contributed by atoms with van der Waals surface area (Å²) in [5.74, 6) is -2.72. The fraction of sp³-hybridized carbons (Fsp3) is 0.200. The molecule has 88 valence electrons. The number of benzene rings is 2. The first-order valence-corrected chi connectivity index (χ1v) is 5.58. The van der Waals surface area contributed by atoms with Crippen LogP contribution < -0.4 is 0 Å². The Labute approximate surface area is 99.6 Å². The van der Waals surface area contributed by atoms with Gasteiger partial charge in [-0.25, -0.2) is 8.78 Å². The van der Waals surface area contributed by atoms with Crippen LogP contribution in [0.4, 0.5) is 8.78 Å². The van der Waals surface area contributed by atoms with E-state index in [9.17, 15) is 8.78 Å². The van der Waals surface area contributed by atoms with Crippen LogP contribution in [0.3, 0.4) is 0 Å². The van der Waals surface area contributed by atoms with Crippen LogP contribution in [0.25, 0.3) is 10.8 Å². The fourth-order valence-electron chi connectivity index (χ4n) is 2.01. The topological polar surface area (TPSA) is 0 Å². The van der Waals surface area contributed by atoms with Crippen molar-refractivity contribution in [2.24, 2.45) is 0 Å². The van der Waals surface area contributed by atoms with Crippen molar-refractivity contribution >= 4 is 10.8 Å². The predicted molar refractivity (Wildman–Crippen MR) is 67.4 cm³/mol. The molecule has 0 nitrogen and oxygen atoms in total. The number of alkyl halides is 2. The second kappa shape index (κ2) is 4.66. The fourth-order valence-corrected chi connectivity index (χ4v) is 2.01. The van der Waals surface area contributed by atoms with Gasteiger partial charge in [0, 0.05) is 12.8 Å². The molecule has 0 saturated carbocycles. The number of fused-ring (bicyclic) bond motifs is 1. The molecule has 0 heterocycles. The van der Waals surface area contributed by atoms with Gasteiger partial charge in [-0.1, -0.05) is 48.5 Å². The van der Waals surface area contributed by atoms with Gasteiger partial charge < -0.3 is 0 Å². The van der Waals surface area contributed by atoms with Crippen LogP contribution in [-0.4, -0.2) is 5.92 Å². The Balaban J connectivity index is 2.39. The van der Waals surface area contributed by atoms with Crippen molar-refractivity contribution in [2.75, 3.05) is 0 Å². The van der Waals surface area contributed by atoms with Crippen LogP contribution >= 0.6 is 0 Å². The molecule has 0 aliphatic rings. The summed E-state index contributed by atoms with van der Waals surface area (Å²) >= 11 is 0. The van der Waals surface area contributed by atoms with Gasteiger partial charge in [-0.05, 0) is 16.3 Å². The lowest BCUT2D eigenvalue weighted by molar-refractivity contribution is 0.00531. The molecule has 2 rings (SSSR count). The van der Waals surface area contributed by atoms with Gasteiger partial charge in [-0.2, -0.15) is 0 Å². The van der Waals surface area contributed by atoms with Crippen molar-refractivity contribution in [1.29, 1.82) is 0 Å². The van der Waals surface area contributed by atoms with Crippen LogP contribution in [0.5, 0.6) is 0 Å². The first-order chi connectivity index (χ1) is 8.12. The van der Waals surface area contributed by atoms with E-state index in [0.29, 0.717) is 5.56 Å². The van der Waals surface area contributed by atoms with Crippen molar-refractivity contribution in [3.8, 4) is 0 Å². The van der Waals surface area contributed by atoms with Crippen LogP contribution in [0, 0.1) is 0 Å². The molecule has 0 unspecified atom stereocenters. The molecule has 0 fully saturated rings. The van der Waals surface area contributed by atoms with Crippen LogP contribution in [0.15, 0.2) is 55.1 Å². The van der Waals surface area contributed by atoms with Crippen LogP contribution in [0.2, 0.25) is 0 Å². The summed E-state index contributed by atoms with van der Waals surface area (Å²) in [5.41, 5.74) is 0.690. The molecule has 2 heteroatoms. The van der Waals surface area contributed by atoms with Crippen LogP contribution in [-0.2, 0) is 6.42 Å². The largest absolute Gasteiger partial charge is 0.255 e. The quantitative estimate of drug-likeness (QED) is 0.676. The van der Waals surface area contributed by atoms with E-state index >= 15 is 0 Å². The van der Waals surface area contributed by atoms with Gasteiger partial charge in [0.05, 0.1) is 0 Å². The Morgan fingerprint density at radius 1 is 1.06 bits per heavy atom. The molecule has 2 aromatic carbocycles. The van der Waals surface area contributed by atoms with Gasteiger partial charge in [-0.3, -0.25) is 0 Å². The molecule has 0 bridgehead atoms. The molecular formula is C15H14F2. The SMILES string of the molecule is C=CCC(F)(F)Cc1cccc2ccccc12. The van der Waals surface area contributed by atoms with E-state index in [1.54, 1.807) is 6.07 Å². The molecule has 0 saturated heterocycles. The molecule has 2 aromatic rings. The van der Waals surface area contributed by atoms with Crippen molar-refractivity contribution < 1.29 is 8.78 Å². The second-order valence-corrected chi connectivity index (χ2v) is 4.16. The van der Waals surface area contributed by atoms with Gasteiger partial charge in [0.1, 0.15) is 0 Å². The summed E-state index contributed by atoms with van der Waals surface area (Å²) in [5, 5.41) is 1.90. The second-order valence-electron chi connectivity index (χ2n) is 4.16. The average molecular weight is 232 g/mol. The lowest BCUT2D eigenvalue weighted by atomic mass is 9.98. The van der Waals surface area contributed by atoms with E-state index in [1.807, 2.05) is 36.4 Å². The Kier molecular flexibility index (Phi) is 3.23. The van der Waals surface area contributed by atoms with Crippen LogP contribution in [0.1, 0.15) is 12.0 Å². The Hall–Kier alpha value is -1.70. The molecule has 0 aliphatic heterocycles. The monoisotopic (exact) mass is 232 g/mol. The molecule has 0 N–H and O–H groups in total. The molecule has 0 radical (unpaired) electrons. The average Bonchev–Trinajstić information content (AvgIpc) is 2.29. The normalized spacial score (nSPS) is 11.6. The van der Waals surface area contributed by atoms with E-state index in [-0.39, 0.29) is 12.8 Å². The molecule has 0 amide bonds. The van der Waals surface area contributed by atoms with Crippen molar-refractivity contribution in [2.45, 2.75) is 18.8 Å². The lowest BCUT2D eigenvalue weighted by Gasteiger charge is -2.15. The summed E-state index contributed by atoms with van der Waals surface area (Å²) in [7, 11) is 0. The summed E-state index contributed by atoms with van der Waals surface area (Å²) in [6.45, 7) is 3.37. The summed E-state index contributed by atoms with van der Waals surface area (Å²) < 4.78 is 27.1. The number of hydrogen-bond acceptors (Lipinski definition) is 0. The van der Waals surface area contributed by atoms with Gasteiger partial charge in [-0.15, -0.1) is 6.58 Å². The number of halogens is 2. The molecule has 0 spiro atoms. The highest BCUT2D eigenvalue weighted by Gasteiger charge is 2.27. The standard InChI is InChI=1S/C15H14F2/c1-2-10-15(16,17)11-13-8-5-7-12-6-3-4-9-14(12)13/h2-9H,1,10-11H2. The van der Waals surface area contributed by atoms with E-state index in [4.69, 9.17) is 0 Å². The first kappa shape index (κ1) is 11.8. The third-order valence-electron chi connectivity index (χ3n) is 2.77. The maximum Gasteiger partial charge on any atom is 0.255 e. The zero-order chi connectivity index (χ0) is 12.3. The third-order valence-corrected chi connectivity index (χ3v) is 2.77. The predicted octanol–water partition coefficient (Wildman–Crippen LogP) is 4.59. The zero-order valence-corrected chi connectivity index (χ0v) is 9.50. The first-order valence-electron chi connectivity index (χ1n) is 5.58. The smallest absolute Gasteiger partial charge is 0.206 e. The zero-order valence-electron chi connectivity index (χ0n) is 9.50. The lowest BCUT2D eigenvalue weighted by Crippen LogP contribution is -2.18. The molecule has 0 atom stereocenters. The van der Waals surface area contributed by atoms with E-state index in [1.165, 1.54) is 6.08 Å². The summed E-state index contributed by atoms with van der Waals surface area (Å²) in [4.78, 5) is 0. The summed E-state index contributed by atoms with van der Waals surface area (Å²) in [6.07, 6.45) is 0.752.